The van der Waals surface area contributed by atoms with E-state index in [1.807, 2.05) is 0 Å². The fourth-order valence-electron chi connectivity index (χ4n) is 12.9. The molecule has 3 aliphatic rings. The van der Waals surface area contributed by atoms with Gasteiger partial charge in [-0.3, -0.25) is 0 Å². The highest BCUT2D eigenvalue weighted by molar-refractivity contribution is 6.22. The SMILES string of the molecule is CC1(C)c2ccccc2-c2ccc(N(c3ccccc3)c3ccc4c(c3)C(C)(C)c3cc5c(cc3-4)C(C)(C)c3cc(-c4ccc6c(c4)c4c7ccccc7ccc4n6-c4ccccc4)ccc3-5)cc21. The monoisotopic (exact) mass is 884 g/mol. The van der Waals surface area contributed by atoms with Crippen molar-refractivity contribution in [1.29, 1.82) is 0 Å². The molecule has 0 amide bonds. The summed E-state index contributed by atoms with van der Waals surface area (Å²) >= 11 is 0. The van der Waals surface area contributed by atoms with Crippen LogP contribution in [-0.4, -0.2) is 4.57 Å². The zero-order valence-electron chi connectivity index (χ0n) is 40.0. The van der Waals surface area contributed by atoms with E-state index < -0.39 is 0 Å². The van der Waals surface area contributed by atoms with E-state index in [2.05, 4.69) is 257 Å². The maximum atomic E-state index is 2.54. The lowest BCUT2D eigenvalue weighted by molar-refractivity contribution is 0.652. The van der Waals surface area contributed by atoms with Gasteiger partial charge in [0.2, 0.25) is 0 Å². The summed E-state index contributed by atoms with van der Waals surface area (Å²) in [4.78, 5) is 2.46. The Morgan fingerprint density at radius 2 is 0.812 bits per heavy atom. The molecule has 0 saturated heterocycles. The Hall–Kier alpha value is -7.94. The largest absolute Gasteiger partial charge is 0.310 e. The molecule has 0 N–H and O–H groups in total. The molecule has 330 valence electrons. The van der Waals surface area contributed by atoms with Gasteiger partial charge in [-0.05, 0) is 174 Å². The minimum absolute atomic E-state index is 0.0876. The Labute approximate surface area is 404 Å². The van der Waals surface area contributed by atoms with Crippen LogP contribution < -0.4 is 4.90 Å². The van der Waals surface area contributed by atoms with E-state index in [4.69, 9.17) is 0 Å². The maximum Gasteiger partial charge on any atom is 0.0547 e. The third-order valence-electron chi connectivity index (χ3n) is 16.6. The molecule has 1 aromatic heterocycles. The molecule has 0 bridgehead atoms. The first-order chi connectivity index (χ1) is 33.5. The van der Waals surface area contributed by atoms with Crippen LogP contribution in [0.5, 0.6) is 0 Å². The lowest BCUT2D eigenvalue weighted by atomic mass is 9.79. The summed E-state index contributed by atoms with van der Waals surface area (Å²) in [5.74, 6) is 0. The van der Waals surface area contributed by atoms with E-state index in [9.17, 15) is 0 Å². The highest BCUT2D eigenvalue weighted by atomic mass is 15.1. The van der Waals surface area contributed by atoms with Gasteiger partial charge >= 0.3 is 0 Å². The molecule has 0 saturated carbocycles. The van der Waals surface area contributed by atoms with Crippen LogP contribution in [0, 0.1) is 0 Å². The zero-order valence-corrected chi connectivity index (χ0v) is 40.0. The van der Waals surface area contributed by atoms with Gasteiger partial charge in [-0.25, -0.2) is 0 Å². The lowest BCUT2D eigenvalue weighted by Crippen LogP contribution is -2.18. The topological polar surface area (TPSA) is 8.17 Å². The number of anilines is 3. The van der Waals surface area contributed by atoms with Crippen molar-refractivity contribution in [2.24, 2.45) is 0 Å². The molecule has 69 heavy (non-hydrogen) atoms. The first kappa shape index (κ1) is 40.2. The molecule has 1 heterocycles. The van der Waals surface area contributed by atoms with Crippen molar-refractivity contribution in [2.75, 3.05) is 4.90 Å². The Morgan fingerprint density at radius 1 is 0.319 bits per heavy atom. The molecule has 10 aromatic carbocycles. The van der Waals surface area contributed by atoms with Crippen molar-refractivity contribution in [3.05, 3.63) is 240 Å². The smallest absolute Gasteiger partial charge is 0.0547 e. The van der Waals surface area contributed by atoms with Crippen LogP contribution in [0.4, 0.5) is 17.1 Å². The van der Waals surface area contributed by atoms with Gasteiger partial charge < -0.3 is 9.47 Å². The van der Waals surface area contributed by atoms with E-state index in [1.165, 1.54) is 128 Å². The van der Waals surface area contributed by atoms with Gasteiger partial charge in [-0.2, -0.15) is 0 Å². The first-order valence-corrected chi connectivity index (χ1v) is 24.6. The molecule has 0 radical (unpaired) electrons. The Bertz CT molecular complexity index is 3980. The third-order valence-corrected chi connectivity index (χ3v) is 16.6. The molecule has 2 nitrogen and oxygen atoms in total. The van der Waals surface area contributed by atoms with E-state index in [-0.39, 0.29) is 16.2 Å². The third kappa shape index (κ3) is 5.55. The molecule has 0 unspecified atom stereocenters. The van der Waals surface area contributed by atoms with Crippen molar-refractivity contribution in [3.8, 4) is 50.2 Å². The summed E-state index contributed by atoms with van der Waals surface area (Å²) in [6, 6.07) is 77.7. The van der Waals surface area contributed by atoms with Crippen LogP contribution in [0.1, 0.15) is 74.9 Å². The summed E-state index contributed by atoms with van der Waals surface area (Å²) in [5.41, 5.74) is 25.6. The quantitative estimate of drug-likeness (QED) is 0.167. The average molecular weight is 885 g/mol. The molecular formula is C67H52N2. The lowest BCUT2D eigenvalue weighted by Gasteiger charge is -2.29. The van der Waals surface area contributed by atoms with Crippen molar-refractivity contribution < 1.29 is 0 Å². The normalized spacial score (nSPS) is 15.2. The molecule has 2 heteroatoms. The number of nitrogens with zero attached hydrogens (tertiary/aromatic N) is 2. The van der Waals surface area contributed by atoms with Gasteiger partial charge in [-0.1, -0.05) is 163 Å². The van der Waals surface area contributed by atoms with Gasteiger partial charge in [0.25, 0.3) is 0 Å². The van der Waals surface area contributed by atoms with Crippen molar-refractivity contribution >= 4 is 49.6 Å². The predicted octanol–water partition coefficient (Wildman–Crippen LogP) is 18.0. The van der Waals surface area contributed by atoms with Crippen molar-refractivity contribution in [3.63, 3.8) is 0 Å². The molecule has 0 atom stereocenters. The second-order valence-electron chi connectivity index (χ2n) is 21.3. The van der Waals surface area contributed by atoms with E-state index in [0.717, 1.165) is 5.69 Å². The minimum Gasteiger partial charge on any atom is -0.310 e. The van der Waals surface area contributed by atoms with Crippen LogP contribution >= 0.6 is 0 Å². The summed E-state index contributed by atoms with van der Waals surface area (Å²) < 4.78 is 2.43. The fourth-order valence-corrected chi connectivity index (χ4v) is 12.9. The standard InChI is InChI=1S/C67H52N2/c1-65(2)56-24-16-15-23-49(56)50-31-28-46(37-58(50)65)68(44-18-9-7-10-19-44)47-29-32-52-54-40-60-53(39-61(54)67(5,6)59(52)38-47)51-30-25-43(36-57(51)66(60,3)4)42-27-33-62-55(35-42)64-48-22-14-13-17-41(48)26-34-63(64)69(62)45-20-11-8-12-21-45/h7-40H,1-6H3. The van der Waals surface area contributed by atoms with Crippen molar-refractivity contribution in [1.82, 2.24) is 4.57 Å². The minimum atomic E-state index is -0.203. The number of aromatic nitrogens is 1. The number of para-hydroxylation sites is 2. The second kappa shape index (κ2) is 14.1. The number of rotatable bonds is 5. The molecule has 0 aliphatic heterocycles. The highest BCUT2D eigenvalue weighted by Gasteiger charge is 2.42. The van der Waals surface area contributed by atoms with Gasteiger partial charge in [0.15, 0.2) is 0 Å². The van der Waals surface area contributed by atoms with Crippen LogP contribution in [0.2, 0.25) is 0 Å². The Kier molecular flexibility index (Phi) is 8.18. The Morgan fingerprint density at radius 3 is 1.51 bits per heavy atom. The van der Waals surface area contributed by atoms with Crippen LogP contribution in [0.3, 0.4) is 0 Å². The number of fused-ring (bicyclic) bond motifs is 14. The fraction of sp³-hybridized carbons (Fsp3) is 0.134. The van der Waals surface area contributed by atoms with Gasteiger partial charge in [0.05, 0.1) is 11.0 Å². The van der Waals surface area contributed by atoms with Crippen LogP contribution in [0.25, 0.3) is 82.8 Å². The van der Waals surface area contributed by atoms with E-state index >= 15 is 0 Å². The number of hydrogen-bond acceptors (Lipinski definition) is 1. The Balaban J connectivity index is 0.856. The zero-order chi connectivity index (χ0) is 46.6. The van der Waals surface area contributed by atoms with Crippen LogP contribution in [0.15, 0.2) is 206 Å². The predicted molar refractivity (Wildman–Crippen MR) is 291 cm³/mol. The van der Waals surface area contributed by atoms with Crippen molar-refractivity contribution in [2.45, 2.75) is 57.8 Å². The number of hydrogen-bond donors (Lipinski definition) is 0. The van der Waals surface area contributed by atoms with Gasteiger partial charge in [0.1, 0.15) is 0 Å². The summed E-state index contributed by atoms with van der Waals surface area (Å²) in [7, 11) is 0. The summed E-state index contributed by atoms with van der Waals surface area (Å²) in [5, 5.41) is 5.13. The summed E-state index contributed by atoms with van der Waals surface area (Å²) in [6.07, 6.45) is 0. The van der Waals surface area contributed by atoms with Gasteiger partial charge in [-0.15, -0.1) is 0 Å². The maximum absolute atomic E-state index is 2.54. The van der Waals surface area contributed by atoms with E-state index in [1.54, 1.807) is 0 Å². The second-order valence-corrected chi connectivity index (χ2v) is 21.3. The van der Waals surface area contributed by atoms with Gasteiger partial charge in [0, 0.05) is 49.8 Å². The van der Waals surface area contributed by atoms with E-state index in [0.29, 0.717) is 0 Å². The first-order valence-electron chi connectivity index (χ1n) is 24.6. The number of benzene rings is 10. The van der Waals surface area contributed by atoms with Crippen LogP contribution in [-0.2, 0) is 16.2 Å². The molecule has 11 aromatic rings. The molecule has 0 fully saturated rings. The molecule has 14 rings (SSSR count). The molecular weight excluding hydrogens is 833 g/mol. The molecule has 0 spiro atoms. The highest BCUT2D eigenvalue weighted by Crippen LogP contribution is 2.58. The average Bonchev–Trinajstić information content (AvgIpc) is 3.99. The summed E-state index contributed by atoms with van der Waals surface area (Å²) in [6.45, 7) is 14.4. The molecule has 3 aliphatic carbocycles.